The molecule has 116 valence electrons. The maximum absolute atomic E-state index is 6.19. The molecule has 0 atom stereocenters. The smallest absolute Gasteiger partial charge is 0.162 e. The van der Waals surface area contributed by atoms with Crippen molar-refractivity contribution in [2.24, 2.45) is 0 Å². The average Bonchev–Trinajstić information content (AvgIpc) is 3.29. The Hall–Kier alpha value is -0.680. The highest BCUT2D eigenvalue weighted by molar-refractivity contribution is 9.10. The Morgan fingerprint density at radius 1 is 1.19 bits per heavy atom. The third-order valence-corrected chi connectivity index (χ3v) is 5.42. The largest absolute Gasteiger partial charge is 0.383 e. The summed E-state index contributed by atoms with van der Waals surface area (Å²) in [5, 5.41) is 0. The lowest BCUT2D eigenvalue weighted by atomic mass is 9.92. The zero-order valence-electron chi connectivity index (χ0n) is 12.7. The fourth-order valence-corrected chi connectivity index (χ4v) is 3.82. The second kappa shape index (κ2) is 6.21. The van der Waals surface area contributed by atoms with E-state index < -0.39 is 0 Å². The van der Waals surface area contributed by atoms with E-state index in [9.17, 15) is 0 Å². The average molecular weight is 354 g/mol. The highest BCUT2D eigenvalue weighted by Gasteiger charge is 2.39. The molecule has 0 aliphatic heterocycles. The lowest BCUT2D eigenvalue weighted by Gasteiger charge is -2.31. The maximum atomic E-state index is 6.19. The van der Waals surface area contributed by atoms with E-state index in [-0.39, 0.29) is 5.60 Å². The van der Waals surface area contributed by atoms with Gasteiger partial charge in [-0.15, -0.1) is 0 Å². The molecular formula is C16H24BrN3O. The number of anilines is 1. The van der Waals surface area contributed by atoms with Crippen LogP contribution in [0.5, 0.6) is 0 Å². The number of nitrogens with zero attached hydrogens (tertiary/aromatic N) is 2. The molecule has 3 rings (SSSR count). The van der Waals surface area contributed by atoms with Crippen LogP contribution in [0.1, 0.15) is 75.7 Å². The van der Waals surface area contributed by atoms with Crippen LogP contribution >= 0.6 is 15.9 Å². The Labute approximate surface area is 135 Å². The van der Waals surface area contributed by atoms with Crippen molar-refractivity contribution < 1.29 is 4.74 Å². The summed E-state index contributed by atoms with van der Waals surface area (Å²) in [7, 11) is 0. The number of hydrogen-bond donors (Lipinski definition) is 1. The number of nitrogens with two attached hydrogens (primary N) is 1. The maximum Gasteiger partial charge on any atom is 0.162 e. The van der Waals surface area contributed by atoms with Crippen LogP contribution < -0.4 is 5.73 Å². The van der Waals surface area contributed by atoms with Gasteiger partial charge in [0.25, 0.3) is 0 Å². The molecule has 0 unspecified atom stereocenters. The highest BCUT2D eigenvalue weighted by Crippen LogP contribution is 2.45. The fourth-order valence-electron chi connectivity index (χ4n) is 3.32. The number of hydrogen-bond acceptors (Lipinski definition) is 4. The molecule has 0 bridgehead atoms. The van der Waals surface area contributed by atoms with E-state index >= 15 is 0 Å². The molecule has 2 N–H and O–H groups in total. The summed E-state index contributed by atoms with van der Waals surface area (Å²) in [4.78, 5) is 9.48. The van der Waals surface area contributed by atoms with Gasteiger partial charge >= 0.3 is 0 Å². The number of ether oxygens (including phenoxy) is 1. The molecule has 2 aliphatic carbocycles. The van der Waals surface area contributed by atoms with Gasteiger partial charge in [-0.2, -0.15) is 0 Å². The zero-order valence-corrected chi connectivity index (χ0v) is 14.3. The second-order valence-corrected chi connectivity index (χ2v) is 7.04. The summed E-state index contributed by atoms with van der Waals surface area (Å²) in [5.41, 5.74) is 6.89. The van der Waals surface area contributed by atoms with Crippen molar-refractivity contribution >= 4 is 21.7 Å². The SMILES string of the molecule is CCOC1(c2nc(N)c(Br)c(C3CC3)n2)CCCCCC1. The number of aromatic nitrogens is 2. The molecule has 0 aromatic carbocycles. The van der Waals surface area contributed by atoms with Crippen molar-refractivity contribution in [3.05, 3.63) is 16.0 Å². The Bertz CT molecular complexity index is 508. The monoisotopic (exact) mass is 353 g/mol. The summed E-state index contributed by atoms with van der Waals surface area (Å²) < 4.78 is 7.07. The molecule has 2 saturated carbocycles. The molecule has 4 nitrogen and oxygen atoms in total. The van der Waals surface area contributed by atoms with Crippen LogP contribution in [0, 0.1) is 0 Å². The van der Waals surface area contributed by atoms with E-state index in [0.717, 1.165) is 28.8 Å². The van der Waals surface area contributed by atoms with E-state index in [2.05, 4.69) is 27.8 Å². The van der Waals surface area contributed by atoms with Crippen molar-refractivity contribution in [2.45, 2.75) is 69.8 Å². The molecule has 2 aliphatic rings. The lowest BCUT2D eigenvalue weighted by Crippen LogP contribution is -2.32. The van der Waals surface area contributed by atoms with Crippen LogP contribution in [-0.2, 0) is 10.3 Å². The number of halogens is 1. The van der Waals surface area contributed by atoms with Crippen LogP contribution in [0.2, 0.25) is 0 Å². The van der Waals surface area contributed by atoms with E-state index in [4.69, 9.17) is 15.5 Å². The molecule has 2 fully saturated rings. The zero-order chi connectivity index (χ0) is 14.9. The normalized spacial score (nSPS) is 22.0. The first-order valence-corrected chi connectivity index (χ1v) is 8.93. The van der Waals surface area contributed by atoms with Gasteiger partial charge in [-0.05, 0) is 48.5 Å². The highest BCUT2D eigenvalue weighted by atomic mass is 79.9. The minimum absolute atomic E-state index is 0.330. The van der Waals surface area contributed by atoms with Crippen LogP contribution in [0.3, 0.4) is 0 Å². The van der Waals surface area contributed by atoms with Crippen molar-refractivity contribution in [2.75, 3.05) is 12.3 Å². The van der Waals surface area contributed by atoms with E-state index in [0.29, 0.717) is 18.3 Å². The topological polar surface area (TPSA) is 61.0 Å². The molecule has 0 spiro atoms. The van der Waals surface area contributed by atoms with Gasteiger partial charge in [-0.25, -0.2) is 9.97 Å². The van der Waals surface area contributed by atoms with Gasteiger partial charge in [0.1, 0.15) is 11.4 Å². The quantitative estimate of drug-likeness (QED) is 0.820. The summed E-state index contributed by atoms with van der Waals surface area (Å²) in [5.74, 6) is 1.92. The first-order chi connectivity index (χ1) is 10.2. The minimum Gasteiger partial charge on any atom is -0.383 e. The van der Waals surface area contributed by atoms with Gasteiger partial charge in [0.2, 0.25) is 0 Å². The summed E-state index contributed by atoms with van der Waals surface area (Å²) >= 11 is 3.56. The van der Waals surface area contributed by atoms with E-state index in [1.165, 1.54) is 38.5 Å². The minimum atomic E-state index is -0.330. The molecule has 1 aromatic heterocycles. The van der Waals surface area contributed by atoms with Gasteiger partial charge in [0.15, 0.2) is 5.82 Å². The Kier molecular flexibility index (Phi) is 4.50. The lowest BCUT2D eigenvalue weighted by molar-refractivity contribution is -0.0625. The third-order valence-electron chi connectivity index (χ3n) is 4.61. The van der Waals surface area contributed by atoms with Gasteiger partial charge < -0.3 is 10.5 Å². The predicted octanol–water partition coefficient (Wildman–Crippen LogP) is 4.28. The second-order valence-electron chi connectivity index (χ2n) is 6.25. The Morgan fingerprint density at radius 2 is 1.86 bits per heavy atom. The van der Waals surface area contributed by atoms with Crippen LogP contribution in [0.25, 0.3) is 0 Å². The van der Waals surface area contributed by atoms with Gasteiger partial charge in [-0.1, -0.05) is 25.7 Å². The molecule has 0 radical (unpaired) electrons. The first-order valence-electron chi connectivity index (χ1n) is 8.13. The van der Waals surface area contributed by atoms with Crippen molar-refractivity contribution in [3.63, 3.8) is 0 Å². The van der Waals surface area contributed by atoms with Crippen molar-refractivity contribution in [3.8, 4) is 0 Å². The number of nitrogen functional groups attached to an aromatic ring is 1. The number of rotatable bonds is 4. The standard InChI is InChI=1S/C16H24BrN3O/c1-2-21-16(9-5-3-4-6-10-16)15-19-13(11-7-8-11)12(17)14(18)20-15/h11H,2-10H2,1H3,(H2,18,19,20). The van der Waals surface area contributed by atoms with Crippen LogP contribution in [-0.4, -0.2) is 16.6 Å². The fraction of sp³-hybridized carbons (Fsp3) is 0.750. The van der Waals surface area contributed by atoms with E-state index in [1.54, 1.807) is 0 Å². The Balaban J connectivity index is 2.02. The summed E-state index contributed by atoms with van der Waals surface area (Å²) in [6.07, 6.45) is 9.33. The van der Waals surface area contributed by atoms with Gasteiger partial charge in [0, 0.05) is 12.5 Å². The summed E-state index contributed by atoms with van der Waals surface area (Å²) in [6.45, 7) is 2.74. The predicted molar refractivity (Wildman–Crippen MR) is 87.1 cm³/mol. The first kappa shape index (κ1) is 15.2. The van der Waals surface area contributed by atoms with Crippen LogP contribution in [0.4, 0.5) is 5.82 Å². The Morgan fingerprint density at radius 3 is 2.43 bits per heavy atom. The molecule has 21 heavy (non-hydrogen) atoms. The molecule has 0 amide bonds. The van der Waals surface area contributed by atoms with E-state index in [1.807, 2.05) is 0 Å². The van der Waals surface area contributed by atoms with Gasteiger partial charge in [-0.3, -0.25) is 0 Å². The molecule has 1 heterocycles. The van der Waals surface area contributed by atoms with Crippen molar-refractivity contribution in [1.29, 1.82) is 0 Å². The molecule has 1 aromatic rings. The van der Waals surface area contributed by atoms with Crippen LogP contribution in [0.15, 0.2) is 4.47 Å². The van der Waals surface area contributed by atoms with Crippen molar-refractivity contribution in [1.82, 2.24) is 9.97 Å². The summed E-state index contributed by atoms with van der Waals surface area (Å²) in [6, 6.07) is 0. The third kappa shape index (κ3) is 3.09. The molecular weight excluding hydrogens is 330 g/mol. The molecule has 0 saturated heterocycles. The molecule has 5 heteroatoms. The van der Waals surface area contributed by atoms with Gasteiger partial charge in [0.05, 0.1) is 10.2 Å².